The van der Waals surface area contributed by atoms with Crippen molar-refractivity contribution in [3.05, 3.63) is 77.4 Å². The summed E-state index contributed by atoms with van der Waals surface area (Å²) in [7, 11) is 3.09. The van der Waals surface area contributed by atoms with E-state index in [0.29, 0.717) is 51.3 Å². The van der Waals surface area contributed by atoms with Crippen molar-refractivity contribution in [1.29, 1.82) is 0 Å². The molecule has 10 nitrogen and oxygen atoms in total. The number of ether oxygens (including phenoxy) is 4. The summed E-state index contributed by atoms with van der Waals surface area (Å²) in [5.74, 6) is 0.595. The molecule has 0 bridgehead atoms. The molecular weight excluding hydrogens is 608 g/mol. The number of fused-ring (bicyclic) bond motifs is 1. The molecule has 0 N–H and O–H groups in total. The zero-order valence-electron chi connectivity index (χ0n) is 27.6. The maximum Gasteiger partial charge on any atom is 0.323 e. The van der Waals surface area contributed by atoms with E-state index in [1.807, 2.05) is 30.9 Å². The number of aromatic nitrogens is 2. The van der Waals surface area contributed by atoms with Crippen LogP contribution in [0.25, 0.3) is 0 Å². The van der Waals surface area contributed by atoms with Crippen molar-refractivity contribution in [2.24, 2.45) is 0 Å². The molecule has 0 spiro atoms. The summed E-state index contributed by atoms with van der Waals surface area (Å²) >= 11 is 0. The first-order chi connectivity index (χ1) is 22.8. The van der Waals surface area contributed by atoms with Gasteiger partial charge in [0.25, 0.3) is 6.43 Å². The van der Waals surface area contributed by atoms with Crippen molar-refractivity contribution >= 4 is 5.91 Å². The molecule has 0 radical (unpaired) electrons. The Hall–Kier alpha value is -3.87. The Bertz CT molecular complexity index is 1400. The SMILES string of the molecule is COCCC(=O)N1CCN2C(C(c3ccccc3)c3ccccc3)CN(Cc3c(OC)nc(OCC(F)F)nc3OC(C)C)C[C@@H]2C1. The van der Waals surface area contributed by atoms with Crippen LogP contribution in [-0.2, 0) is 16.1 Å². The van der Waals surface area contributed by atoms with E-state index in [1.54, 1.807) is 7.11 Å². The Kier molecular flexibility index (Phi) is 12.0. The Morgan fingerprint density at radius 2 is 1.57 bits per heavy atom. The van der Waals surface area contributed by atoms with Gasteiger partial charge in [-0.3, -0.25) is 14.6 Å². The van der Waals surface area contributed by atoms with Gasteiger partial charge in [-0.1, -0.05) is 60.7 Å². The molecule has 2 fully saturated rings. The van der Waals surface area contributed by atoms with Gasteiger partial charge in [0.2, 0.25) is 17.7 Å². The third kappa shape index (κ3) is 8.74. The van der Waals surface area contributed by atoms with Gasteiger partial charge in [0.05, 0.1) is 31.8 Å². The Labute approximate surface area is 275 Å². The van der Waals surface area contributed by atoms with Crippen LogP contribution in [0.1, 0.15) is 42.9 Å². The molecule has 5 rings (SSSR count). The lowest BCUT2D eigenvalue weighted by atomic mass is 9.81. The summed E-state index contributed by atoms with van der Waals surface area (Å²) in [5, 5.41) is 0. The van der Waals surface area contributed by atoms with Crippen LogP contribution < -0.4 is 14.2 Å². The van der Waals surface area contributed by atoms with Gasteiger partial charge in [0, 0.05) is 64.4 Å². The molecule has 2 saturated heterocycles. The van der Waals surface area contributed by atoms with Crippen molar-refractivity contribution in [1.82, 2.24) is 24.7 Å². The van der Waals surface area contributed by atoms with Crippen LogP contribution in [0.2, 0.25) is 0 Å². The predicted octanol–water partition coefficient (Wildman–Crippen LogP) is 4.48. The highest BCUT2D eigenvalue weighted by Gasteiger charge is 2.43. The number of rotatable bonds is 14. The van der Waals surface area contributed by atoms with Crippen LogP contribution in [0.15, 0.2) is 60.7 Å². The molecule has 254 valence electrons. The zero-order valence-corrected chi connectivity index (χ0v) is 27.6. The van der Waals surface area contributed by atoms with Gasteiger partial charge in [0.15, 0.2) is 6.61 Å². The van der Waals surface area contributed by atoms with Crippen molar-refractivity contribution in [3.63, 3.8) is 0 Å². The fourth-order valence-electron chi connectivity index (χ4n) is 6.64. The van der Waals surface area contributed by atoms with Crippen LogP contribution in [0.5, 0.6) is 17.8 Å². The number of halogens is 2. The van der Waals surface area contributed by atoms with Crippen LogP contribution in [0, 0.1) is 0 Å². The zero-order chi connectivity index (χ0) is 33.3. The highest BCUT2D eigenvalue weighted by Crippen LogP contribution is 2.37. The van der Waals surface area contributed by atoms with E-state index in [9.17, 15) is 13.6 Å². The third-order valence-electron chi connectivity index (χ3n) is 8.61. The first-order valence-corrected chi connectivity index (χ1v) is 16.1. The van der Waals surface area contributed by atoms with E-state index < -0.39 is 13.0 Å². The minimum atomic E-state index is -2.68. The number of carbonyl (C=O) groups excluding carboxylic acids is 1. The molecule has 2 aromatic carbocycles. The number of alkyl halides is 2. The van der Waals surface area contributed by atoms with E-state index in [2.05, 4.69) is 68.3 Å². The predicted molar refractivity (Wildman–Crippen MR) is 173 cm³/mol. The normalized spacial score (nSPS) is 18.9. The van der Waals surface area contributed by atoms with E-state index in [4.69, 9.17) is 18.9 Å². The van der Waals surface area contributed by atoms with Crippen LogP contribution in [-0.4, -0.2) is 115 Å². The first kappa shape index (κ1) is 34.5. The van der Waals surface area contributed by atoms with Crippen molar-refractivity contribution in [2.75, 3.05) is 60.2 Å². The van der Waals surface area contributed by atoms with Crippen molar-refractivity contribution in [3.8, 4) is 17.8 Å². The molecule has 1 amide bonds. The first-order valence-electron chi connectivity index (χ1n) is 16.1. The number of nitrogens with zero attached hydrogens (tertiary/aromatic N) is 5. The molecule has 47 heavy (non-hydrogen) atoms. The quantitative estimate of drug-likeness (QED) is 0.250. The summed E-state index contributed by atoms with van der Waals surface area (Å²) in [6.45, 7) is 7.05. The second-order valence-electron chi connectivity index (χ2n) is 12.2. The lowest BCUT2D eigenvalue weighted by molar-refractivity contribution is -0.137. The van der Waals surface area contributed by atoms with Gasteiger partial charge in [-0.15, -0.1) is 0 Å². The molecule has 0 saturated carbocycles. The maximum atomic E-state index is 13.1. The minimum Gasteiger partial charge on any atom is -0.481 e. The van der Waals surface area contributed by atoms with Gasteiger partial charge in [-0.2, -0.15) is 9.97 Å². The Morgan fingerprint density at radius 1 is 0.915 bits per heavy atom. The number of methoxy groups -OCH3 is 2. The lowest BCUT2D eigenvalue weighted by Crippen LogP contribution is -2.67. The molecule has 3 aromatic rings. The summed E-state index contributed by atoms with van der Waals surface area (Å²) < 4.78 is 48.0. The molecule has 12 heteroatoms. The summed E-state index contributed by atoms with van der Waals surface area (Å²) in [4.78, 5) is 28.7. The van der Waals surface area contributed by atoms with E-state index >= 15 is 0 Å². The summed E-state index contributed by atoms with van der Waals surface area (Å²) in [5.41, 5.74) is 3.04. The van der Waals surface area contributed by atoms with E-state index in [-0.39, 0.29) is 47.8 Å². The third-order valence-corrected chi connectivity index (χ3v) is 8.61. The molecular formula is C35H45F2N5O5. The highest BCUT2D eigenvalue weighted by atomic mass is 19.3. The molecule has 1 unspecified atom stereocenters. The molecule has 2 aliphatic rings. The lowest BCUT2D eigenvalue weighted by Gasteiger charge is -2.53. The van der Waals surface area contributed by atoms with Crippen molar-refractivity contribution in [2.45, 2.75) is 57.3 Å². The fourth-order valence-corrected chi connectivity index (χ4v) is 6.64. The van der Waals surface area contributed by atoms with Gasteiger partial charge in [-0.05, 0) is 25.0 Å². The van der Waals surface area contributed by atoms with Crippen LogP contribution >= 0.6 is 0 Å². The summed E-state index contributed by atoms with van der Waals surface area (Å²) in [6, 6.07) is 21.0. The standard InChI is InChI=1S/C35H45F2N5O5/c1-24(2)47-34-28(33(45-4)38-35(39-34)46-23-30(36)37)21-40-19-27-20-41(31(43)15-18-44-3)16-17-42(27)29(22-40)32(25-11-7-5-8-12-25)26-13-9-6-10-14-26/h5-14,24,27,29-30,32H,15-23H2,1-4H3/t27-,29?/m1/s1. The monoisotopic (exact) mass is 653 g/mol. The average molecular weight is 654 g/mol. The average Bonchev–Trinajstić information content (AvgIpc) is 3.07. The molecule has 1 aromatic heterocycles. The molecule has 2 aliphatic heterocycles. The van der Waals surface area contributed by atoms with Crippen molar-refractivity contribution < 1.29 is 32.5 Å². The highest BCUT2D eigenvalue weighted by molar-refractivity contribution is 5.76. The topological polar surface area (TPSA) is 89.5 Å². The molecule has 3 heterocycles. The minimum absolute atomic E-state index is 0.0546. The smallest absolute Gasteiger partial charge is 0.323 e. The largest absolute Gasteiger partial charge is 0.481 e. The Morgan fingerprint density at radius 3 is 2.17 bits per heavy atom. The van der Waals surface area contributed by atoms with Gasteiger partial charge >= 0.3 is 6.01 Å². The number of piperazine rings is 2. The van der Waals surface area contributed by atoms with Gasteiger partial charge in [-0.25, -0.2) is 8.78 Å². The van der Waals surface area contributed by atoms with Gasteiger partial charge in [0.1, 0.15) is 0 Å². The Balaban J connectivity index is 1.52. The fraction of sp³-hybridized carbons (Fsp3) is 0.514. The van der Waals surface area contributed by atoms with Crippen LogP contribution in [0.3, 0.4) is 0 Å². The van der Waals surface area contributed by atoms with E-state index in [1.165, 1.54) is 18.2 Å². The maximum absolute atomic E-state index is 13.1. The number of hydrogen-bond acceptors (Lipinski definition) is 9. The summed E-state index contributed by atoms with van der Waals surface area (Å²) in [6.07, 6.45) is -2.57. The molecule has 2 atom stereocenters. The number of hydrogen-bond donors (Lipinski definition) is 0. The second-order valence-corrected chi connectivity index (χ2v) is 12.2. The number of carbonyl (C=O) groups is 1. The number of amides is 1. The number of benzene rings is 2. The van der Waals surface area contributed by atoms with Crippen LogP contribution in [0.4, 0.5) is 8.78 Å². The van der Waals surface area contributed by atoms with E-state index in [0.717, 1.165) is 6.54 Å². The molecule has 0 aliphatic carbocycles. The second kappa shape index (κ2) is 16.3. The van der Waals surface area contributed by atoms with Gasteiger partial charge < -0.3 is 23.8 Å².